The molecule has 0 aromatic heterocycles. The number of imide groups is 1. The van der Waals surface area contributed by atoms with E-state index in [0.29, 0.717) is 43.2 Å². The number of carbonyl (C=O) groups is 11. The molecule has 1 aromatic rings. The molecule has 2 saturated heterocycles. The summed E-state index contributed by atoms with van der Waals surface area (Å²) in [5.74, 6) is -6.42. The number of anilines is 1. The molecular weight excluding hydrogens is 1170 g/mol. The van der Waals surface area contributed by atoms with Gasteiger partial charge in [-0.2, -0.15) is 0 Å². The lowest BCUT2D eigenvalue weighted by molar-refractivity contribution is -0.168. The average molecular weight is 1260 g/mol. The van der Waals surface area contributed by atoms with E-state index in [-0.39, 0.29) is 101 Å². The van der Waals surface area contributed by atoms with Crippen molar-refractivity contribution in [3.05, 3.63) is 77.9 Å². The molecule has 0 unspecified atom stereocenters. The van der Waals surface area contributed by atoms with Crippen LogP contribution in [0.15, 0.2) is 72.4 Å². The summed E-state index contributed by atoms with van der Waals surface area (Å²) in [6, 6.07) is 2.42. The van der Waals surface area contributed by atoms with E-state index in [0.717, 1.165) is 4.90 Å². The average Bonchev–Trinajstić information content (AvgIpc) is 1.61. The second kappa shape index (κ2) is 33.7. The standard InChI is InChI=1S/C63H90N8O19/c1-10-47(74)39(4)56-48(87-56)35-62(8,85)26-14-15-37(2)55-38(3)17-22-49(63(9,90-42(7)72)27-25-45(73)33-54(79)89-55)88-61(84)70-31-29-69(30-32-70)60(83)86-36-43-18-20-44(21-19-43)67-59(82)46(34-50(64)75)68-58(81)41(6)66-57(80)40(5)65-51(76)16-12-11-13-28-71-52(77)23-24-53(71)78/h14-15,17-24,26,38-41,45-49,55-56,73-74,85H,10-13,16,25,27-36H2,1-9H3,(H2,64,75)(H,65,76)(H,66,80)(H,67,82)(H,68,81)/b22-17-,26-14+,37-15+/t38-,39+,40-,41-,45+,46-,47-,48+,49-,55+,56+,62-,63+/m0/s1. The largest absolute Gasteiger partial charge is 0.457 e. The van der Waals surface area contributed by atoms with Crippen molar-refractivity contribution in [2.45, 2.75) is 199 Å². The van der Waals surface area contributed by atoms with Crippen LogP contribution < -0.4 is 27.0 Å². The topological polar surface area (TPSA) is 382 Å². The molecular formula is C63H90N8O19. The first kappa shape index (κ1) is 72.7. The van der Waals surface area contributed by atoms with Gasteiger partial charge in [-0.1, -0.05) is 63.6 Å². The first-order chi connectivity index (χ1) is 42.4. The zero-order chi connectivity index (χ0) is 66.6. The summed E-state index contributed by atoms with van der Waals surface area (Å²) >= 11 is 0. The van der Waals surface area contributed by atoms with Gasteiger partial charge in [0.2, 0.25) is 29.5 Å². The predicted molar refractivity (Wildman–Crippen MR) is 324 cm³/mol. The van der Waals surface area contributed by atoms with Gasteiger partial charge in [0.1, 0.15) is 36.4 Å². The predicted octanol–water partition coefficient (Wildman–Crippen LogP) is 3.03. The Labute approximate surface area is 524 Å². The van der Waals surface area contributed by atoms with Crippen LogP contribution in [0.2, 0.25) is 0 Å². The molecule has 1 aromatic carbocycles. The number of piperazine rings is 1. The van der Waals surface area contributed by atoms with Crippen LogP contribution in [0.4, 0.5) is 15.3 Å². The lowest BCUT2D eigenvalue weighted by Gasteiger charge is -2.38. The van der Waals surface area contributed by atoms with Crippen LogP contribution in [0.3, 0.4) is 0 Å². The van der Waals surface area contributed by atoms with E-state index >= 15 is 0 Å². The Morgan fingerprint density at radius 2 is 1.49 bits per heavy atom. The Balaban J connectivity index is 1.10. The van der Waals surface area contributed by atoms with E-state index in [4.69, 9.17) is 29.4 Å². The van der Waals surface area contributed by atoms with E-state index in [1.165, 1.54) is 54.9 Å². The number of rotatable bonds is 27. The molecule has 4 aliphatic rings. The maximum Gasteiger partial charge on any atom is 0.410 e. The Hall–Kier alpha value is -8.01. The van der Waals surface area contributed by atoms with E-state index in [2.05, 4.69) is 21.3 Å². The van der Waals surface area contributed by atoms with Crippen LogP contribution in [-0.2, 0) is 73.4 Å². The lowest BCUT2D eigenvalue weighted by Crippen LogP contribution is -2.55. The number of amides is 9. The fourth-order valence-electron chi connectivity index (χ4n) is 10.5. The summed E-state index contributed by atoms with van der Waals surface area (Å²) < 4.78 is 29.2. The quantitative estimate of drug-likeness (QED) is 0.0119. The molecule has 9 N–H and O–H groups in total. The van der Waals surface area contributed by atoms with Crippen molar-refractivity contribution >= 4 is 71.2 Å². The van der Waals surface area contributed by atoms with Crippen LogP contribution in [0, 0.1) is 11.8 Å². The fourth-order valence-corrected chi connectivity index (χ4v) is 10.5. The molecule has 0 bridgehead atoms. The Morgan fingerprint density at radius 3 is 2.11 bits per heavy atom. The molecule has 27 heteroatoms. The Kier molecular flexibility index (Phi) is 27.2. The van der Waals surface area contributed by atoms with Crippen LogP contribution in [-0.4, -0.2) is 194 Å². The van der Waals surface area contributed by atoms with Gasteiger partial charge in [-0.05, 0) is 96.1 Å². The summed E-state index contributed by atoms with van der Waals surface area (Å²) in [5.41, 5.74) is 4.00. The summed E-state index contributed by atoms with van der Waals surface area (Å²) in [4.78, 5) is 144. The second-order valence-corrected chi connectivity index (χ2v) is 24.0. The summed E-state index contributed by atoms with van der Waals surface area (Å²) in [5, 5.41) is 42.5. The minimum atomic E-state index is -1.51. The molecule has 0 spiro atoms. The van der Waals surface area contributed by atoms with Gasteiger partial charge in [0, 0.05) is 82.2 Å². The minimum absolute atomic E-state index is 0.0139. The number of nitrogens with zero attached hydrogens (tertiary/aromatic N) is 3. The highest BCUT2D eigenvalue weighted by Crippen LogP contribution is 2.38. The van der Waals surface area contributed by atoms with Gasteiger partial charge in [-0.3, -0.25) is 48.1 Å². The van der Waals surface area contributed by atoms with Crippen molar-refractivity contribution in [3.8, 4) is 0 Å². The number of primary amides is 1. The van der Waals surface area contributed by atoms with Crippen molar-refractivity contribution < 1.29 is 91.7 Å². The third-order valence-electron chi connectivity index (χ3n) is 16.1. The molecule has 27 nitrogen and oxygen atoms in total. The van der Waals surface area contributed by atoms with Crippen LogP contribution in [0.5, 0.6) is 0 Å². The number of nitrogens with two attached hydrogens (primary N) is 1. The van der Waals surface area contributed by atoms with Crippen LogP contribution >= 0.6 is 0 Å². The third kappa shape index (κ3) is 22.8. The maximum atomic E-state index is 13.9. The monoisotopic (exact) mass is 1260 g/mol. The van der Waals surface area contributed by atoms with Gasteiger partial charge in [0.15, 0.2) is 6.10 Å². The van der Waals surface area contributed by atoms with Gasteiger partial charge in [-0.15, -0.1) is 0 Å². The number of esters is 2. The molecule has 2 fully saturated rings. The van der Waals surface area contributed by atoms with Crippen molar-refractivity contribution in [2.24, 2.45) is 17.6 Å². The molecule has 90 heavy (non-hydrogen) atoms. The number of unbranched alkanes of at least 4 members (excludes halogenated alkanes) is 2. The number of epoxide rings is 1. The fraction of sp³-hybridized carbons (Fsp3) is 0.603. The van der Waals surface area contributed by atoms with Gasteiger partial charge < -0.3 is 75.8 Å². The summed E-state index contributed by atoms with van der Waals surface area (Å²) in [7, 11) is 0. The summed E-state index contributed by atoms with van der Waals surface area (Å²) in [6.45, 7) is 14.8. The van der Waals surface area contributed by atoms with Crippen molar-refractivity contribution in [1.29, 1.82) is 0 Å². The number of hydrogen-bond acceptors (Lipinski definition) is 19. The van der Waals surface area contributed by atoms with Gasteiger partial charge in [-0.25, -0.2) is 9.59 Å². The highest BCUT2D eigenvalue weighted by Gasteiger charge is 2.47. The number of aliphatic hydroxyl groups excluding tert-OH is 2. The van der Waals surface area contributed by atoms with E-state index in [1.54, 1.807) is 70.2 Å². The number of aliphatic hydroxyl groups is 3. The number of benzene rings is 1. The zero-order valence-corrected chi connectivity index (χ0v) is 52.8. The second-order valence-electron chi connectivity index (χ2n) is 24.0. The normalized spacial score (nSPS) is 25.0. The van der Waals surface area contributed by atoms with Crippen LogP contribution in [0.25, 0.3) is 0 Å². The molecule has 0 aliphatic carbocycles. The van der Waals surface area contributed by atoms with E-state index < -0.39 is 120 Å². The van der Waals surface area contributed by atoms with Crippen LogP contribution in [0.1, 0.15) is 132 Å². The number of allylic oxidation sites excluding steroid dienone is 2. The number of carbonyl (C=O) groups excluding carboxylic acids is 11. The zero-order valence-electron chi connectivity index (χ0n) is 52.8. The maximum absolute atomic E-state index is 13.9. The van der Waals surface area contributed by atoms with E-state index in [9.17, 15) is 68.1 Å². The minimum Gasteiger partial charge on any atom is -0.457 e. The first-order valence-electron chi connectivity index (χ1n) is 30.5. The lowest BCUT2D eigenvalue weighted by atomic mass is 9.88. The van der Waals surface area contributed by atoms with Crippen molar-refractivity contribution in [3.63, 3.8) is 0 Å². The highest BCUT2D eigenvalue weighted by atomic mass is 16.6. The Bertz CT molecular complexity index is 2850. The molecule has 4 aliphatic heterocycles. The number of cyclic esters (lactones) is 1. The first-order valence-corrected chi connectivity index (χ1v) is 30.5. The molecule has 0 radical (unpaired) electrons. The van der Waals surface area contributed by atoms with Crippen molar-refractivity contribution in [2.75, 3.05) is 38.0 Å². The highest BCUT2D eigenvalue weighted by molar-refractivity contribution is 6.12. The Morgan fingerprint density at radius 1 is 0.867 bits per heavy atom. The van der Waals surface area contributed by atoms with E-state index in [1.807, 2.05) is 13.8 Å². The van der Waals surface area contributed by atoms with Gasteiger partial charge in [0.25, 0.3) is 11.8 Å². The number of ether oxygens (including phenoxy) is 5. The molecule has 13 atom stereocenters. The van der Waals surface area contributed by atoms with Crippen molar-refractivity contribution in [1.82, 2.24) is 30.7 Å². The smallest absolute Gasteiger partial charge is 0.410 e. The number of hydrogen-bond donors (Lipinski definition) is 8. The molecule has 4 heterocycles. The van der Waals surface area contributed by atoms with Gasteiger partial charge in [0.05, 0.1) is 42.9 Å². The molecule has 496 valence electrons. The summed E-state index contributed by atoms with van der Waals surface area (Å²) in [6.07, 6.45) is 6.42. The SMILES string of the molecule is CC[C@H](O)[C@@H](C)[C@H]1O[C@@H]1C[C@@](C)(O)/C=C/C=C(\C)[C@H]1OC(=O)C[C@H](O)CC[C@@](C)(OC(C)=O)[C@@H](OC(=O)N2CCN(C(=O)OCc3ccc(NC(=O)[C@H](CC(N)=O)NC(=O)[C@H](C)NC(=O)[C@H](C)NC(=O)CCCCCN4C(=O)C=CC4=O)cc3)CC2)/C=C\[C@@H]1C. The van der Waals surface area contributed by atoms with Gasteiger partial charge >= 0.3 is 24.1 Å². The molecule has 0 saturated carbocycles. The third-order valence-corrected chi connectivity index (χ3v) is 16.1. The molecule has 9 amide bonds. The molecule has 5 rings (SSSR count). The number of nitrogens with one attached hydrogen (secondary N) is 4.